The van der Waals surface area contributed by atoms with Crippen LogP contribution in [0.25, 0.3) is 0 Å². The summed E-state index contributed by atoms with van der Waals surface area (Å²) in [6.45, 7) is 4.33. The Kier molecular flexibility index (Phi) is 5.49. The number of nitrogens with one attached hydrogen (secondary N) is 1. The van der Waals surface area contributed by atoms with Gasteiger partial charge in [-0.2, -0.15) is 0 Å². The van der Waals surface area contributed by atoms with Crippen LogP contribution in [-0.2, 0) is 4.74 Å². The summed E-state index contributed by atoms with van der Waals surface area (Å²) in [4.78, 5) is 1.46. The zero-order valence-electron chi connectivity index (χ0n) is 10.7. The molecule has 2 unspecified atom stereocenters. The topological polar surface area (TPSA) is 21.3 Å². The molecule has 0 aliphatic carbocycles. The minimum Gasteiger partial charge on any atom is -0.378 e. The third kappa shape index (κ3) is 4.09. The Morgan fingerprint density at radius 3 is 3.18 bits per heavy atom. The van der Waals surface area contributed by atoms with E-state index in [0.29, 0.717) is 12.1 Å². The van der Waals surface area contributed by atoms with Gasteiger partial charge in [0.25, 0.3) is 0 Å². The fourth-order valence-electron chi connectivity index (χ4n) is 2.41. The summed E-state index contributed by atoms with van der Waals surface area (Å²) in [7, 11) is 0. The summed E-state index contributed by atoms with van der Waals surface area (Å²) in [5, 5.41) is 5.81. The van der Waals surface area contributed by atoms with Gasteiger partial charge < -0.3 is 10.1 Å². The van der Waals surface area contributed by atoms with Crippen LogP contribution >= 0.6 is 11.3 Å². The highest BCUT2D eigenvalue weighted by Gasteiger charge is 2.15. The molecule has 3 heteroatoms. The van der Waals surface area contributed by atoms with Crippen molar-refractivity contribution in [2.24, 2.45) is 0 Å². The van der Waals surface area contributed by atoms with Crippen molar-refractivity contribution in [1.29, 1.82) is 0 Å². The maximum Gasteiger partial charge on any atom is 0.0576 e. The first-order valence-corrected chi connectivity index (χ1v) is 7.66. The molecule has 96 valence electrons. The van der Waals surface area contributed by atoms with E-state index in [1.165, 1.54) is 37.0 Å². The number of hydrogen-bond donors (Lipinski definition) is 1. The van der Waals surface area contributed by atoms with E-state index in [4.69, 9.17) is 4.74 Å². The van der Waals surface area contributed by atoms with Crippen molar-refractivity contribution in [3.05, 3.63) is 22.4 Å². The second kappa shape index (κ2) is 7.14. The van der Waals surface area contributed by atoms with Gasteiger partial charge in [-0.25, -0.2) is 0 Å². The van der Waals surface area contributed by atoms with Crippen LogP contribution in [-0.4, -0.2) is 19.3 Å². The molecule has 0 amide bonds. The molecule has 1 saturated heterocycles. The smallest absolute Gasteiger partial charge is 0.0576 e. The molecule has 1 aliphatic rings. The molecule has 2 rings (SSSR count). The van der Waals surface area contributed by atoms with Gasteiger partial charge in [-0.15, -0.1) is 11.3 Å². The van der Waals surface area contributed by atoms with Gasteiger partial charge >= 0.3 is 0 Å². The Bertz CT molecular complexity index is 293. The molecule has 1 aliphatic heterocycles. The summed E-state index contributed by atoms with van der Waals surface area (Å²) in [5.74, 6) is 0. The highest BCUT2D eigenvalue weighted by Crippen LogP contribution is 2.22. The second-order valence-electron chi connectivity index (χ2n) is 4.71. The summed E-state index contributed by atoms with van der Waals surface area (Å²) in [5.41, 5.74) is 0. The predicted octanol–water partition coefficient (Wildman–Crippen LogP) is 3.75. The third-order valence-corrected chi connectivity index (χ3v) is 4.40. The molecule has 1 aromatic rings. The van der Waals surface area contributed by atoms with Crippen molar-refractivity contribution in [3.63, 3.8) is 0 Å². The van der Waals surface area contributed by atoms with E-state index >= 15 is 0 Å². The maximum absolute atomic E-state index is 5.63. The van der Waals surface area contributed by atoms with Gasteiger partial charge in [-0.1, -0.05) is 13.0 Å². The molecule has 1 fully saturated rings. The van der Waals surface area contributed by atoms with Gasteiger partial charge in [0.2, 0.25) is 0 Å². The van der Waals surface area contributed by atoms with E-state index < -0.39 is 0 Å². The lowest BCUT2D eigenvalue weighted by Gasteiger charge is -2.16. The molecule has 0 radical (unpaired) electrons. The van der Waals surface area contributed by atoms with E-state index in [9.17, 15) is 0 Å². The van der Waals surface area contributed by atoms with Crippen LogP contribution in [0.3, 0.4) is 0 Å². The molecule has 0 aromatic carbocycles. The van der Waals surface area contributed by atoms with Crippen LogP contribution in [0.2, 0.25) is 0 Å². The lowest BCUT2D eigenvalue weighted by Crippen LogP contribution is -2.22. The van der Waals surface area contributed by atoms with E-state index in [-0.39, 0.29) is 0 Å². The normalized spacial score (nSPS) is 21.8. The Hall–Kier alpha value is -0.380. The van der Waals surface area contributed by atoms with Crippen molar-refractivity contribution in [3.8, 4) is 0 Å². The first-order chi connectivity index (χ1) is 8.40. The molecule has 1 N–H and O–H groups in total. The average Bonchev–Trinajstić information content (AvgIpc) is 3.01. The summed E-state index contributed by atoms with van der Waals surface area (Å²) in [6, 6.07) is 4.90. The van der Waals surface area contributed by atoms with Crippen molar-refractivity contribution in [2.75, 3.05) is 13.2 Å². The molecular weight excluding hydrogens is 230 g/mol. The molecule has 0 spiro atoms. The molecule has 2 atom stereocenters. The highest BCUT2D eigenvalue weighted by atomic mass is 32.1. The number of hydrogen-bond acceptors (Lipinski definition) is 3. The Morgan fingerprint density at radius 2 is 2.53 bits per heavy atom. The highest BCUT2D eigenvalue weighted by molar-refractivity contribution is 7.10. The van der Waals surface area contributed by atoms with Crippen molar-refractivity contribution in [2.45, 2.75) is 51.2 Å². The summed E-state index contributed by atoms with van der Waals surface area (Å²) >= 11 is 1.85. The molecule has 0 bridgehead atoms. The molecule has 17 heavy (non-hydrogen) atoms. The van der Waals surface area contributed by atoms with Gasteiger partial charge in [0.1, 0.15) is 0 Å². The first-order valence-electron chi connectivity index (χ1n) is 6.78. The minimum atomic E-state index is 0.540. The minimum absolute atomic E-state index is 0.540. The first kappa shape index (κ1) is 13.1. The number of ether oxygens (including phenoxy) is 1. The van der Waals surface area contributed by atoms with E-state index in [1.807, 2.05) is 11.3 Å². The zero-order valence-corrected chi connectivity index (χ0v) is 11.5. The Labute approximate surface area is 108 Å². The molecule has 1 aromatic heterocycles. The van der Waals surface area contributed by atoms with Crippen LogP contribution < -0.4 is 5.32 Å². The van der Waals surface area contributed by atoms with Crippen LogP contribution in [0.5, 0.6) is 0 Å². The van der Waals surface area contributed by atoms with Gasteiger partial charge in [0.05, 0.1) is 6.10 Å². The van der Waals surface area contributed by atoms with E-state index in [0.717, 1.165) is 13.2 Å². The van der Waals surface area contributed by atoms with Gasteiger partial charge in [0.15, 0.2) is 0 Å². The van der Waals surface area contributed by atoms with Crippen LogP contribution in [0.15, 0.2) is 17.5 Å². The third-order valence-electron chi connectivity index (χ3n) is 3.41. The average molecular weight is 253 g/mol. The fourth-order valence-corrected chi connectivity index (χ4v) is 3.30. The van der Waals surface area contributed by atoms with Crippen molar-refractivity contribution >= 4 is 11.3 Å². The zero-order chi connectivity index (χ0) is 11.9. The van der Waals surface area contributed by atoms with Gasteiger partial charge in [-0.3, -0.25) is 0 Å². The quantitative estimate of drug-likeness (QED) is 0.747. The standard InChI is InChI=1S/C14H23NOS/c1-2-13(14-8-5-11-17-14)15-9-3-6-12-7-4-10-16-12/h5,8,11-13,15H,2-4,6-7,9-10H2,1H3. The summed E-state index contributed by atoms with van der Waals surface area (Å²) < 4.78 is 5.63. The maximum atomic E-state index is 5.63. The number of thiophene rings is 1. The molecular formula is C14H23NOS. The fraction of sp³-hybridized carbons (Fsp3) is 0.714. The molecule has 0 saturated carbocycles. The largest absolute Gasteiger partial charge is 0.378 e. The van der Waals surface area contributed by atoms with E-state index in [2.05, 4.69) is 29.8 Å². The SMILES string of the molecule is CCC(NCCCC1CCCO1)c1cccs1. The monoisotopic (exact) mass is 253 g/mol. The van der Waals surface area contributed by atoms with E-state index in [1.54, 1.807) is 0 Å². The Morgan fingerprint density at radius 1 is 1.59 bits per heavy atom. The predicted molar refractivity (Wildman–Crippen MR) is 73.6 cm³/mol. The lowest BCUT2D eigenvalue weighted by molar-refractivity contribution is 0.102. The van der Waals surface area contributed by atoms with Crippen LogP contribution in [0, 0.1) is 0 Å². The van der Waals surface area contributed by atoms with Crippen molar-refractivity contribution < 1.29 is 4.74 Å². The van der Waals surface area contributed by atoms with Crippen molar-refractivity contribution in [1.82, 2.24) is 5.32 Å². The summed E-state index contributed by atoms with van der Waals surface area (Å²) in [6.07, 6.45) is 6.67. The van der Waals surface area contributed by atoms with Gasteiger partial charge in [-0.05, 0) is 50.1 Å². The van der Waals surface area contributed by atoms with Crippen LogP contribution in [0.4, 0.5) is 0 Å². The second-order valence-corrected chi connectivity index (χ2v) is 5.69. The number of rotatable bonds is 7. The van der Waals surface area contributed by atoms with Crippen LogP contribution in [0.1, 0.15) is 49.9 Å². The van der Waals surface area contributed by atoms with Gasteiger partial charge in [0, 0.05) is 17.5 Å². The Balaban J connectivity index is 1.63. The lowest BCUT2D eigenvalue weighted by atomic mass is 10.1. The molecule has 2 nitrogen and oxygen atoms in total. The molecule has 2 heterocycles.